The first kappa shape index (κ1) is 22.5. The molecule has 33 heavy (non-hydrogen) atoms. The van der Waals surface area contributed by atoms with Crippen molar-refractivity contribution in [3.63, 3.8) is 0 Å². The summed E-state index contributed by atoms with van der Waals surface area (Å²) in [7, 11) is 1.72. The third-order valence-electron chi connectivity index (χ3n) is 5.25. The number of thiazole rings is 1. The SMILES string of the molecule is Cc1nc(-c2ccc(C(F)(F)F)cc2)sc1C(=O)Nc1c(C)n(C)n(-c2ccccc2)c1=O. The van der Waals surface area contributed by atoms with Gasteiger partial charge in [0.2, 0.25) is 0 Å². The first-order valence-corrected chi connectivity index (χ1v) is 10.7. The van der Waals surface area contributed by atoms with Gasteiger partial charge in [-0.15, -0.1) is 11.3 Å². The Bertz CT molecular complexity index is 1380. The predicted molar refractivity (Wildman–Crippen MR) is 121 cm³/mol. The fraction of sp³-hybridized carbons (Fsp3) is 0.174. The lowest BCUT2D eigenvalue weighted by Crippen LogP contribution is -2.22. The third-order valence-corrected chi connectivity index (χ3v) is 6.46. The molecule has 0 saturated heterocycles. The van der Waals surface area contributed by atoms with Crippen LogP contribution in [0.5, 0.6) is 0 Å². The number of hydrogen-bond acceptors (Lipinski definition) is 4. The van der Waals surface area contributed by atoms with Crippen LogP contribution < -0.4 is 10.9 Å². The van der Waals surface area contributed by atoms with Crippen LogP contribution in [0.4, 0.5) is 18.9 Å². The second-order valence-electron chi connectivity index (χ2n) is 7.40. The number of benzene rings is 2. The fourth-order valence-corrected chi connectivity index (χ4v) is 4.38. The predicted octanol–water partition coefficient (Wildman–Crippen LogP) is 5.19. The number of rotatable bonds is 4. The molecule has 1 amide bonds. The highest BCUT2D eigenvalue weighted by molar-refractivity contribution is 7.17. The molecule has 6 nitrogen and oxygen atoms in total. The number of alkyl halides is 3. The first-order valence-electron chi connectivity index (χ1n) is 9.88. The smallest absolute Gasteiger partial charge is 0.315 e. The van der Waals surface area contributed by atoms with Gasteiger partial charge in [0, 0.05) is 12.6 Å². The lowest BCUT2D eigenvalue weighted by atomic mass is 10.1. The number of nitrogens with zero attached hydrogens (tertiary/aromatic N) is 3. The monoisotopic (exact) mass is 472 g/mol. The number of aromatic nitrogens is 3. The number of nitrogens with one attached hydrogen (secondary N) is 1. The molecule has 170 valence electrons. The number of aryl methyl sites for hydroxylation is 1. The standard InChI is InChI=1S/C23H19F3N4O2S/c1-13-19(33-21(27-13)15-9-11-16(12-10-15)23(24,25)26)20(31)28-18-14(2)29(3)30(22(18)32)17-7-5-4-6-8-17/h4-12H,1-3H3,(H,28,31). The van der Waals surface area contributed by atoms with Crippen LogP contribution in [0, 0.1) is 13.8 Å². The minimum Gasteiger partial charge on any atom is -0.315 e. The lowest BCUT2D eigenvalue weighted by Gasteiger charge is -2.07. The van der Waals surface area contributed by atoms with E-state index in [-0.39, 0.29) is 16.1 Å². The molecule has 0 fully saturated rings. The molecule has 0 spiro atoms. The summed E-state index contributed by atoms with van der Waals surface area (Å²) in [6, 6.07) is 13.6. The van der Waals surface area contributed by atoms with E-state index in [0.29, 0.717) is 27.6 Å². The Morgan fingerprint density at radius 2 is 1.67 bits per heavy atom. The summed E-state index contributed by atoms with van der Waals surface area (Å²) >= 11 is 1.05. The highest BCUT2D eigenvalue weighted by Crippen LogP contribution is 2.33. The van der Waals surface area contributed by atoms with E-state index in [9.17, 15) is 22.8 Å². The van der Waals surface area contributed by atoms with Gasteiger partial charge in [-0.25, -0.2) is 9.67 Å². The summed E-state index contributed by atoms with van der Waals surface area (Å²) in [6.45, 7) is 3.36. The minimum absolute atomic E-state index is 0.148. The fourth-order valence-electron chi connectivity index (χ4n) is 3.41. The average Bonchev–Trinajstić information content (AvgIpc) is 3.27. The van der Waals surface area contributed by atoms with Gasteiger partial charge >= 0.3 is 6.18 Å². The zero-order valence-electron chi connectivity index (χ0n) is 17.9. The molecule has 4 rings (SSSR count). The number of para-hydroxylation sites is 1. The van der Waals surface area contributed by atoms with Crippen molar-refractivity contribution in [1.29, 1.82) is 0 Å². The molecule has 1 N–H and O–H groups in total. The van der Waals surface area contributed by atoms with Crippen molar-refractivity contribution in [3.05, 3.63) is 86.8 Å². The Kier molecular flexibility index (Phi) is 5.71. The van der Waals surface area contributed by atoms with Crippen molar-refractivity contribution in [1.82, 2.24) is 14.3 Å². The van der Waals surface area contributed by atoms with Crippen LogP contribution in [0.15, 0.2) is 59.4 Å². The summed E-state index contributed by atoms with van der Waals surface area (Å²) in [4.78, 5) is 30.6. The van der Waals surface area contributed by atoms with Crippen LogP contribution in [0.3, 0.4) is 0 Å². The Morgan fingerprint density at radius 3 is 2.27 bits per heavy atom. The molecule has 10 heteroatoms. The molecule has 2 heterocycles. The van der Waals surface area contributed by atoms with Gasteiger partial charge in [-0.3, -0.25) is 14.3 Å². The van der Waals surface area contributed by atoms with Crippen molar-refractivity contribution in [2.75, 3.05) is 5.32 Å². The van der Waals surface area contributed by atoms with Gasteiger partial charge in [0.25, 0.3) is 11.5 Å². The molecule has 0 aliphatic heterocycles. The van der Waals surface area contributed by atoms with Crippen molar-refractivity contribution in [2.45, 2.75) is 20.0 Å². The summed E-state index contributed by atoms with van der Waals surface area (Å²) in [5.74, 6) is -0.505. The molecule has 2 aromatic heterocycles. The van der Waals surface area contributed by atoms with E-state index in [0.717, 1.165) is 23.5 Å². The number of hydrogen-bond donors (Lipinski definition) is 1. The number of halogens is 3. The van der Waals surface area contributed by atoms with Crippen molar-refractivity contribution in [2.24, 2.45) is 7.05 Å². The van der Waals surface area contributed by atoms with Crippen LogP contribution in [-0.2, 0) is 13.2 Å². The molecule has 0 radical (unpaired) electrons. The van der Waals surface area contributed by atoms with Gasteiger partial charge in [0.1, 0.15) is 15.6 Å². The van der Waals surface area contributed by atoms with Crippen LogP contribution >= 0.6 is 11.3 Å². The Labute approximate surface area is 190 Å². The summed E-state index contributed by atoms with van der Waals surface area (Å²) in [5.41, 5.74) is 1.14. The van der Waals surface area contributed by atoms with Gasteiger partial charge < -0.3 is 5.32 Å². The maximum Gasteiger partial charge on any atom is 0.416 e. The quantitative estimate of drug-likeness (QED) is 0.445. The van der Waals surface area contributed by atoms with Gasteiger partial charge in [-0.1, -0.05) is 30.3 Å². The zero-order valence-corrected chi connectivity index (χ0v) is 18.7. The van der Waals surface area contributed by atoms with Gasteiger partial charge in [0.15, 0.2) is 0 Å². The maximum absolute atomic E-state index is 13.0. The van der Waals surface area contributed by atoms with Crippen LogP contribution in [0.1, 0.15) is 26.6 Å². The largest absolute Gasteiger partial charge is 0.416 e. The molecule has 0 saturated carbocycles. The number of anilines is 1. The van der Waals surface area contributed by atoms with E-state index in [4.69, 9.17) is 0 Å². The maximum atomic E-state index is 13.0. The van der Waals surface area contributed by atoms with E-state index in [1.165, 1.54) is 16.8 Å². The van der Waals surface area contributed by atoms with E-state index in [1.807, 2.05) is 18.2 Å². The summed E-state index contributed by atoms with van der Waals surface area (Å²) < 4.78 is 41.5. The van der Waals surface area contributed by atoms with Crippen molar-refractivity contribution >= 4 is 22.9 Å². The molecule has 0 bridgehead atoms. The average molecular weight is 472 g/mol. The number of amides is 1. The second-order valence-corrected chi connectivity index (χ2v) is 8.40. The Balaban J connectivity index is 1.63. The molecular weight excluding hydrogens is 453 g/mol. The highest BCUT2D eigenvalue weighted by atomic mass is 32.1. The molecule has 0 unspecified atom stereocenters. The highest BCUT2D eigenvalue weighted by Gasteiger charge is 2.30. The van der Waals surface area contributed by atoms with E-state index >= 15 is 0 Å². The van der Waals surface area contributed by atoms with Gasteiger partial charge in [-0.05, 0) is 38.1 Å². The first-order chi connectivity index (χ1) is 15.6. The normalized spacial score (nSPS) is 11.6. The van der Waals surface area contributed by atoms with Crippen LogP contribution in [0.25, 0.3) is 16.3 Å². The zero-order chi connectivity index (χ0) is 23.9. The summed E-state index contributed by atoms with van der Waals surface area (Å²) in [6.07, 6.45) is -4.43. The molecule has 2 aromatic carbocycles. The van der Waals surface area contributed by atoms with Crippen molar-refractivity contribution in [3.8, 4) is 16.3 Å². The van der Waals surface area contributed by atoms with Crippen LogP contribution in [0.2, 0.25) is 0 Å². The molecule has 0 aliphatic rings. The van der Waals surface area contributed by atoms with E-state index in [1.54, 1.807) is 37.7 Å². The van der Waals surface area contributed by atoms with Gasteiger partial charge in [-0.2, -0.15) is 13.2 Å². The van der Waals surface area contributed by atoms with E-state index in [2.05, 4.69) is 10.3 Å². The topological polar surface area (TPSA) is 68.9 Å². The van der Waals surface area contributed by atoms with Crippen molar-refractivity contribution < 1.29 is 18.0 Å². The van der Waals surface area contributed by atoms with Gasteiger partial charge in [0.05, 0.1) is 22.6 Å². The minimum atomic E-state index is -4.43. The Morgan fingerprint density at radius 1 is 1.03 bits per heavy atom. The van der Waals surface area contributed by atoms with Crippen LogP contribution in [-0.4, -0.2) is 20.3 Å². The molecule has 0 aliphatic carbocycles. The molecule has 0 atom stereocenters. The lowest BCUT2D eigenvalue weighted by molar-refractivity contribution is -0.137. The van der Waals surface area contributed by atoms with E-state index < -0.39 is 17.6 Å². The summed E-state index contributed by atoms with van der Waals surface area (Å²) in [5, 5.41) is 3.10. The molecule has 4 aromatic rings. The second kappa shape index (κ2) is 8.36. The number of carbonyl (C=O) groups excluding carboxylic acids is 1. The Hall–Kier alpha value is -3.66. The molecular formula is C23H19F3N4O2S. The third kappa shape index (κ3) is 4.21. The number of carbonyl (C=O) groups is 1.